The Morgan fingerprint density at radius 3 is 2.50 bits per heavy atom. The van der Waals surface area contributed by atoms with E-state index in [0.29, 0.717) is 32.3 Å². The number of fused-ring (bicyclic) bond motifs is 2. The zero-order valence-corrected chi connectivity index (χ0v) is 18.7. The van der Waals surface area contributed by atoms with Crippen molar-refractivity contribution in [2.75, 3.05) is 6.61 Å². The van der Waals surface area contributed by atoms with Gasteiger partial charge in [-0.3, -0.25) is 9.59 Å². The van der Waals surface area contributed by atoms with Crippen LogP contribution in [0.2, 0.25) is 10.0 Å². The average Bonchev–Trinajstić information content (AvgIpc) is 2.77. The van der Waals surface area contributed by atoms with Crippen LogP contribution in [0.4, 0.5) is 0 Å². The Kier molecular flexibility index (Phi) is 6.17. The summed E-state index contributed by atoms with van der Waals surface area (Å²) in [4.78, 5) is 26.4. The monoisotopic (exact) mass is 464 g/mol. The van der Waals surface area contributed by atoms with E-state index in [1.807, 2.05) is 6.92 Å². The van der Waals surface area contributed by atoms with Crippen molar-refractivity contribution in [2.45, 2.75) is 6.92 Å². The number of carbonyl (C=O) groups is 1. The molecule has 3 aromatic carbocycles. The van der Waals surface area contributed by atoms with Crippen molar-refractivity contribution in [3.05, 3.63) is 104 Å². The Labute approximate surface area is 194 Å². The van der Waals surface area contributed by atoms with Crippen molar-refractivity contribution >= 4 is 57.0 Å². The highest BCUT2D eigenvalue weighted by Gasteiger charge is 2.19. The minimum atomic E-state index is -0.365. The third-order valence-electron chi connectivity index (χ3n) is 4.83. The molecule has 4 aromatic rings. The highest BCUT2D eigenvalue weighted by Crippen LogP contribution is 2.31. The fraction of sp³-hybridized carbons (Fsp3) is 0.0769. The van der Waals surface area contributed by atoms with Gasteiger partial charge in [0.05, 0.1) is 10.9 Å². The molecule has 1 aromatic heterocycles. The maximum Gasteiger partial charge on any atom is 0.204 e. The first-order valence-electron chi connectivity index (χ1n) is 9.79. The van der Waals surface area contributed by atoms with Crippen molar-refractivity contribution in [3.8, 4) is 5.75 Å². The quantitative estimate of drug-likeness (QED) is 0.132. The molecule has 0 N–H and O–H groups in total. The number of carbonyl (C=O) groups excluding carboxylic acids is 1. The molecule has 0 saturated heterocycles. The lowest BCUT2D eigenvalue weighted by atomic mass is 10.0. The van der Waals surface area contributed by atoms with E-state index >= 15 is 0 Å². The van der Waals surface area contributed by atoms with Gasteiger partial charge in [-0.2, -0.15) is 0 Å². The second-order valence-electron chi connectivity index (χ2n) is 7.32. The van der Waals surface area contributed by atoms with Crippen molar-refractivity contribution in [1.29, 1.82) is 0 Å². The molecule has 0 radical (unpaired) electrons. The Morgan fingerprint density at radius 1 is 1.06 bits per heavy atom. The molecule has 0 spiro atoms. The summed E-state index contributed by atoms with van der Waals surface area (Å²) in [5.74, 6) is -0.0342. The van der Waals surface area contributed by atoms with Gasteiger partial charge in [-0.1, -0.05) is 48.0 Å². The molecule has 6 heteroatoms. The van der Waals surface area contributed by atoms with Gasteiger partial charge in [-0.15, -0.1) is 0 Å². The van der Waals surface area contributed by atoms with E-state index in [9.17, 15) is 9.59 Å². The summed E-state index contributed by atoms with van der Waals surface area (Å²) < 4.78 is 11.8. The van der Waals surface area contributed by atoms with Gasteiger partial charge in [-0.05, 0) is 61.0 Å². The molecule has 4 rings (SSSR count). The van der Waals surface area contributed by atoms with Crippen LogP contribution < -0.4 is 10.2 Å². The summed E-state index contributed by atoms with van der Waals surface area (Å²) in [7, 11) is 0. The minimum absolute atomic E-state index is 0.160. The number of halogens is 2. The standard InChI is InChI=1S/C26H18Cl2O4/c1-15(2)14-31-23-13-11-17(21(29)12-10-16-19(27)7-5-8-20(16)28)26-24(23)25(30)18-6-3-4-9-22(18)32-26/h3-13H,1,14H2,2H3. The molecule has 0 aliphatic rings. The number of benzene rings is 3. The van der Waals surface area contributed by atoms with Gasteiger partial charge >= 0.3 is 0 Å². The van der Waals surface area contributed by atoms with Crippen LogP contribution in [0.15, 0.2) is 82.0 Å². The summed E-state index contributed by atoms with van der Waals surface area (Å²) in [6, 6.07) is 15.2. The third-order valence-corrected chi connectivity index (χ3v) is 5.49. The largest absolute Gasteiger partial charge is 0.488 e. The van der Waals surface area contributed by atoms with E-state index in [2.05, 4.69) is 6.58 Å². The molecule has 0 atom stereocenters. The van der Waals surface area contributed by atoms with Crippen LogP contribution in [0.5, 0.6) is 5.75 Å². The number of rotatable bonds is 6. The highest BCUT2D eigenvalue weighted by atomic mass is 35.5. The van der Waals surface area contributed by atoms with Gasteiger partial charge in [-0.25, -0.2) is 0 Å². The molecular formula is C26H18Cl2O4. The molecule has 0 amide bonds. The smallest absolute Gasteiger partial charge is 0.204 e. The molecule has 160 valence electrons. The molecule has 0 bridgehead atoms. The van der Waals surface area contributed by atoms with Crippen LogP contribution in [0, 0.1) is 0 Å². The lowest BCUT2D eigenvalue weighted by molar-refractivity contribution is 0.104. The Bertz CT molecular complexity index is 1440. The van der Waals surface area contributed by atoms with Crippen molar-refractivity contribution in [2.24, 2.45) is 0 Å². The van der Waals surface area contributed by atoms with Crippen LogP contribution in [-0.2, 0) is 0 Å². The minimum Gasteiger partial charge on any atom is -0.488 e. The fourth-order valence-electron chi connectivity index (χ4n) is 3.31. The summed E-state index contributed by atoms with van der Waals surface area (Å²) >= 11 is 12.4. The Hall–Kier alpha value is -3.34. The van der Waals surface area contributed by atoms with Crippen LogP contribution in [0.25, 0.3) is 28.0 Å². The highest BCUT2D eigenvalue weighted by molar-refractivity contribution is 6.37. The van der Waals surface area contributed by atoms with Gasteiger partial charge in [0.1, 0.15) is 23.3 Å². The topological polar surface area (TPSA) is 56.5 Å². The van der Waals surface area contributed by atoms with Gasteiger partial charge in [0.15, 0.2) is 11.4 Å². The second-order valence-corrected chi connectivity index (χ2v) is 8.14. The lowest BCUT2D eigenvalue weighted by Crippen LogP contribution is -2.09. The molecule has 0 aliphatic carbocycles. The molecule has 4 nitrogen and oxygen atoms in total. The zero-order valence-electron chi connectivity index (χ0n) is 17.2. The van der Waals surface area contributed by atoms with E-state index in [-0.39, 0.29) is 34.4 Å². The van der Waals surface area contributed by atoms with Gasteiger partial charge in [0, 0.05) is 15.6 Å². The summed E-state index contributed by atoms with van der Waals surface area (Å²) in [5, 5.41) is 1.46. The van der Waals surface area contributed by atoms with Gasteiger partial charge < -0.3 is 9.15 Å². The Balaban J connectivity index is 1.89. The number of hydrogen-bond acceptors (Lipinski definition) is 4. The van der Waals surface area contributed by atoms with Gasteiger partial charge in [0.2, 0.25) is 5.43 Å². The number of para-hydroxylation sites is 1. The number of hydrogen-bond donors (Lipinski definition) is 0. The van der Waals surface area contributed by atoms with E-state index in [0.717, 1.165) is 5.57 Å². The first-order valence-corrected chi connectivity index (χ1v) is 10.5. The summed E-state index contributed by atoms with van der Waals surface area (Å²) in [6.07, 6.45) is 2.90. The average molecular weight is 465 g/mol. The Morgan fingerprint density at radius 2 is 1.78 bits per heavy atom. The lowest BCUT2D eigenvalue weighted by Gasteiger charge is -2.11. The van der Waals surface area contributed by atoms with E-state index in [1.165, 1.54) is 6.08 Å². The molecule has 0 fully saturated rings. The molecule has 1 heterocycles. The third kappa shape index (κ3) is 4.20. The van der Waals surface area contributed by atoms with E-state index < -0.39 is 0 Å². The van der Waals surface area contributed by atoms with E-state index in [4.69, 9.17) is 32.4 Å². The summed E-state index contributed by atoms with van der Waals surface area (Å²) in [5.41, 5.74) is 1.82. The molecule has 0 unspecified atom stereocenters. The maximum atomic E-state index is 13.3. The fourth-order valence-corrected chi connectivity index (χ4v) is 3.83. The molecule has 0 saturated carbocycles. The molecular weight excluding hydrogens is 447 g/mol. The van der Waals surface area contributed by atoms with E-state index in [1.54, 1.807) is 60.7 Å². The van der Waals surface area contributed by atoms with Crippen LogP contribution in [0.1, 0.15) is 22.8 Å². The van der Waals surface area contributed by atoms with Crippen LogP contribution in [0.3, 0.4) is 0 Å². The zero-order chi connectivity index (χ0) is 22.8. The molecule has 0 aliphatic heterocycles. The number of allylic oxidation sites excluding steroid dienone is 1. The first-order chi connectivity index (χ1) is 15.4. The van der Waals surface area contributed by atoms with Gasteiger partial charge in [0.25, 0.3) is 0 Å². The van der Waals surface area contributed by atoms with Crippen molar-refractivity contribution in [1.82, 2.24) is 0 Å². The second kappa shape index (κ2) is 9.03. The van der Waals surface area contributed by atoms with Crippen LogP contribution in [-0.4, -0.2) is 12.4 Å². The van der Waals surface area contributed by atoms with Crippen molar-refractivity contribution < 1.29 is 13.9 Å². The normalized spacial score (nSPS) is 11.3. The van der Waals surface area contributed by atoms with Crippen LogP contribution >= 0.6 is 23.2 Å². The predicted molar refractivity (Wildman–Crippen MR) is 130 cm³/mol. The van der Waals surface area contributed by atoms with Crippen molar-refractivity contribution in [3.63, 3.8) is 0 Å². The predicted octanol–water partition coefficient (Wildman–Crippen LogP) is 7.10. The SMILES string of the molecule is C=C(C)COc1ccc(C(=O)C=Cc2c(Cl)cccc2Cl)c2oc3ccccc3c(=O)c12. The number of ketones is 1. The first kappa shape index (κ1) is 21.9. The molecule has 32 heavy (non-hydrogen) atoms. The number of ether oxygens (including phenoxy) is 1. The summed E-state index contributed by atoms with van der Waals surface area (Å²) in [6.45, 7) is 5.88. The maximum absolute atomic E-state index is 13.3.